The van der Waals surface area contributed by atoms with Crippen molar-refractivity contribution in [2.45, 2.75) is 44.0 Å². The molecule has 2 atom stereocenters. The van der Waals surface area contributed by atoms with E-state index in [1.165, 1.54) is 0 Å². The number of hydrogen-bond acceptors (Lipinski definition) is 7. The van der Waals surface area contributed by atoms with E-state index in [4.69, 9.17) is 9.47 Å². The molecule has 2 aliphatic heterocycles. The number of nitrogens with one attached hydrogen (secondary N) is 2. The molecule has 10 nitrogen and oxygen atoms in total. The van der Waals surface area contributed by atoms with Gasteiger partial charge in [0.2, 0.25) is 5.91 Å². The minimum Gasteiger partial charge on any atom is -0.482 e. The Labute approximate surface area is 243 Å². The normalized spacial score (nSPS) is 18.5. The molecule has 0 radical (unpaired) electrons. The van der Waals surface area contributed by atoms with Crippen LogP contribution in [-0.4, -0.2) is 59.5 Å². The minimum absolute atomic E-state index is 0.225. The molecule has 0 aliphatic carbocycles. The third-order valence-corrected chi connectivity index (χ3v) is 8.25. The van der Waals surface area contributed by atoms with Crippen molar-refractivity contribution in [2.75, 3.05) is 25.2 Å². The Morgan fingerprint density at radius 2 is 1.83 bits per heavy atom. The Bertz CT molecular complexity index is 1690. The van der Waals surface area contributed by atoms with Crippen molar-refractivity contribution >= 4 is 28.4 Å². The first-order valence-electron chi connectivity index (χ1n) is 14.1. The first-order chi connectivity index (χ1) is 20.5. The molecule has 42 heavy (non-hydrogen) atoms. The largest absolute Gasteiger partial charge is 0.482 e. The van der Waals surface area contributed by atoms with Gasteiger partial charge in [-0.25, -0.2) is 4.68 Å². The number of hydrogen-bond donors (Lipinski definition) is 2. The van der Waals surface area contributed by atoms with Gasteiger partial charge in [0.05, 0.1) is 54.5 Å². The maximum Gasteiger partial charge on any atom is 0.254 e. The topological polar surface area (TPSA) is 122 Å². The number of fused-ring (bicyclic) bond motifs is 2. The lowest BCUT2D eigenvalue weighted by atomic mass is 9.84. The van der Waals surface area contributed by atoms with Crippen LogP contribution in [0.25, 0.3) is 16.6 Å². The number of carbonyl (C=O) groups is 2. The van der Waals surface area contributed by atoms with Crippen LogP contribution in [0.2, 0.25) is 0 Å². The van der Waals surface area contributed by atoms with Crippen molar-refractivity contribution in [1.82, 2.24) is 20.4 Å². The number of amides is 2. The summed E-state index contributed by atoms with van der Waals surface area (Å²) in [6, 6.07) is 21.4. The van der Waals surface area contributed by atoms with Gasteiger partial charge < -0.3 is 25.0 Å². The molecule has 1 fully saturated rings. The standard InChI is InChI=1S/C32H32N6O4/c1-21(34-2)30(39)36-29-31(40)37(27-11-5-6-13-28(27)42-32(29)14-16-41-17-15-32)20-23-9-7-12-26-24(23)19-35-38(26)25-10-4-3-8-22(25)18-33/h3-13,19,21,29,34H,14-17,20H2,1-2H3,(H,36,39)/t21-,29+/m0/s1. The molecule has 10 heteroatoms. The second-order valence-corrected chi connectivity index (χ2v) is 10.7. The Balaban J connectivity index is 1.44. The lowest BCUT2D eigenvalue weighted by Crippen LogP contribution is -2.65. The Kier molecular flexibility index (Phi) is 7.37. The monoisotopic (exact) mass is 564 g/mol. The molecule has 3 heterocycles. The number of aromatic nitrogens is 2. The van der Waals surface area contributed by atoms with Gasteiger partial charge in [-0.1, -0.05) is 36.4 Å². The Morgan fingerprint density at radius 3 is 2.60 bits per heavy atom. The van der Waals surface area contributed by atoms with Crippen LogP contribution in [0.1, 0.15) is 30.9 Å². The average Bonchev–Trinajstić information content (AvgIpc) is 3.44. The molecule has 2 aliphatic rings. The zero-order chi connectivity index (χ0) is 29.3. The maximum absolute atomic E-state index is 14.6. The van der Waals surface area contributed by atoms with E-state index in [1.54, 1.807) is 35.8 Å². The highest BCUT2D eigenvalue weighted by molar-refractivity contribution is 6.03. The number of nitriles is 1. The highest BCUT2D eigenvalue weighted by Gasteiger charge is 2.51. The number of anilines is 1. The van der Waals surface area contributed by atoms with Crippen molar-refractivity contribution in [3.63, 3.8) is 0 Å². The zero-order valence-corrected chi connectivity index (χ0v) is 23.5. The lowest BCUT2D eigenvalue weighted by molar-refractivity contribution is -0.138. The second kappa shape index (κ2) is 11.3. The van der Waals surface area contributed by atoms with E-state index in [0.29, 0.717) is 48.7 Å². The number of benzene rings is 3. The fourth-order valence-corrected chi connectivity index (χ4v) is 5.77. The summed E-state index contributed by atoms with van der Waals surface area (Å²) in [5.74, 6) is 0.0467. The molecule has 214 valence electrons. The van der Waals surface area contributed by atoms with Crippen LogP contribution in [0, 0.1) is 11.3 Å². The van der Waals surface area contributed by atoms with Gasteiger partial charge in [0, 0.05) is 18.2 Å². The highest BCUT2D eigenvalue weighted by atomic mass is 16.5. The first-order valence-corrected chi connectivity index (χ1v) is 14.1. The van der Waals surface area contributed by atoms with E-state index in [9.17, 15) is 14.9 Å². The fourth-order valence-electron chi connectivity index (χ4n) is 5.77. The van der Waals surface area contributed by atoms with E-state index in [2.05, 4.69) is 21.8 Å². The molecule has 4 aromatic rings. The molecule has 1 spiro atoms. The average molecular weight is 565 g/mol. The molecule has 1 aromatic heterocycles. The first kappa shape index (κ1) is 27.4. The number of para-hydroxylation sites is 3. The van der Waals surface area contributed by atoms with E-state index < -0.39 is 17.7 Å². The van der Waals surface area contributed by atoms with Gasteiger partial charge >= 0.3 is 0 Å². The van der Waals surface area contributed by atoms with Crippen LogP contribution < -0.4 is 20.3 Å². The molecule has 3 aromatic carbocycles. The Morgan fingerprint density at radius 1 is 1.10 bits per heavy atom. The van der Waals surface area contributed by atoms with Crippen LogP contribution in [0.4, 0.5) is 5.69 Å². The van der Waals surface area contributed by atoms with Gasteiger partial charge in [-0.3, -0.25) is 9.59 Å². The molecule has 0 unspecified atom stereocenters. The zero-order valence-electron chi connectivity index (χ0n) is 23.5. The van der Waals surface area contributed by atoms with Gasteiger partial charge in [0.25, 0.3) is 5.91 Å². The van der Waals surface area contributed by atoms with Crippen molar-refractivity contribution in [3.8, 4) is 17.5 Å². The molecule has 0 saturated carbocycles. The number of rotatable bonds is 6. The summed E-state index contributed by atoms with van der Waals surface area (Å²) >= 11 is 0. The molecule has 6 rings (SSSR count). The predicted octanol–water partition coefficient (Wildman–Crippen LogP) is 3.46. The van der Waals surface area contributed by atoms with Crippen LogP contribution >= 0.6 is 0 Å². The maximum atomic E-state index is 14.6. The van der Waals surface area contributed by atoms with Crippen molar-refractivity contribution in [2.24, 2.45) is 0 Å². The molecule has 0 bridgehead atoms. The molecular formula is C32H32N6O4. The lowest BCUT2D eigenvalue weighted by Gasteiger charge is -2.41. The second-order valence-electron chi connectivity index (χ2n) is 10.7. The number of nitrogens with zero attached hydrogens (tertiary/aromatic N) is 4. The van der Waals surface area contributed by atoms with E-state index in [1.807, 2.05) is 60.7 Å². The smallest absolute Gasteiger partial charge is 0.254 e. The van der Waals surface area contributed by atoms with Gasteiger partial charge in [0.1, 0.15) is 23.5 Å². The predicted molar refractivity (Wildman–Crippen MR) is 157 cm³/mol. The number of likely N-dealkylation sites (N-methyl/N-ethyl adjacent to an activating group) is 1. The quantitative estimate of drug-likeness (QED) is 0.368. The van der Waals surface area contributed by atoms with Gasteiger partial charge in [0.15, 0.2) is 0 Å². The van der Waals surface area contributed by atoms with Gasteiger partial charge in [-0.15, -0.1) is 0 Å². The summed E-state index contributed by atoms with van der Waals surface area (Å²) in [6.07, 6.45) is 2.68. The van der Waals surface area contributed by atoms with Gasteiger partial charge in [-0.05, 0) is 49.9 Å². The molecule has 2 amide bonds. The van der Waals surface area contributed by atoms with Gasteiger partial charge in [-0.2, -0.15) is 10.4 Å². The summed E-state index contributed by atoms with van der Waals surface area (Å²) in [5.41, 5.74) is 2.55. The van der Waals surface area contributed by atoms with E-state index in [0.717, 1.165) is 16.5 Å². The Hall–Kier alpha value is -4.72. The number of ether oxygens (including phenoxy) is 2. The fraction of sp³-hybridized carbons (Fsp3) is 0.312. The minimum atomic E-state index is -0.957. The van der Waals surface area contributed by atoms with Crippen LogP contribution in [-0.2, 0) is 20.9 Å². The summed E-state index contributed by atoms with van der Waals surface area (Å²) < 4.78 is 14.1. The van der Waals surface area contributed by atoms with Crippen LogP contribution in [0.5, 0.6) is 5.75 Å². The van der Waals surface area contributed by atoms with Crippen molar-refractivity contribution < 1.29 is 19.1 Å². The summed E-state index contributed by atoms with van der Waals surface area (Å²) in [6.45, 7) is 2.82. The van der Waals surface area contributed by atoms with Crippen molar-refractivity contribution in [3.05, 3.63) is 84.1 Å². The summed E-state index contributed by atoms with van der Waals surface area (Å²) in [5, 5.41) is 21.1. The molecule has 1 saturated heterocycles. The van der Waals surface area contributed by atoms with Crippen LogP contribution in [0.15, 0.2) is 72.9 Å². The van der Waals surface area contributed by atoms with E-state index in [-0.39, 0.29) is 18.4 Å². The van der Waals surface area contributed by atoms with Crippen LogP contribution in [0.3, 0.4) is 0 Å². The molecule has 2 N–H and O–H groups in total. The molecular weight excluding hydrogens is 532 g/mol. The third-order valence-electron chi connectivity index (χ3n) is 8.25. The summed E-state index contributed by atoms with van der Waals surface area (Å²) in [4.78, 5) is 29.5. The highest BCUT2D eigenvalue weighted by Crippen LogP contribution is 2.42. The van der Waals surface area contributed by atoms with Crippen molar-refractivity contribution in [1.29, 1.82) is 5.26 Å². The number of carbonyl (C=O) groups excluding carboxylic acids is 2. The third kappa shape index (κ3) is 4.76. The summed E-state index contributed by atoms with van der Waals surface area (Å²) in [7, 11) is 1.71. The van der Waals surface area contributed by atoms with E-state index >= 15 is 0 Å². The SMILES string of the molecule is CN[C@@H](C)C(=O)N[C@@H]1C(=O)N(Cc2cccc3c2cnn3-c2ccccc2C#N)c2ccccc2OC12CCOCC2.